The maximum Gasteiger partial charge on any atom is 0.253 e. The number of carbonyl (C=O) groups is 1. The highest BCUT2D eigenvalue weighted by Gasteiger charge is 2.26. The standard InChI is InChI=1S/C28H29FN4OS/c1-19-13-20(2)16-32(15-19)27(34)23-7-3-22(4-8-23)18-35-28-31-25-11-12-30-14-26(25)33(28)17-21-5-9-24(29)10-6-21/h3-12,14,19-20H,13,15-18H2,1-2H3/t19-,20-/m0/s1. The van der Waals surface area contributed by atoms with E-state index >= 15 is 0 Å². The van der Waals surface area contributed by atoms with E-state index in [1.54, 1.807) is 30.1 Å². The molecule has 2 aromatic carbocycles. The summed E-state index contributed by atoms with van der Waals surface area (Å²) in [5.74, 6) is 1.69. The number of rotatable bonds is 6. The highest BCUT2D eigenvalue weighted by atomic mass is 32.2. The molecule has 4 aromatic rings. The molecule has 0 spiro atoms. The summed E-state index contributed by atoms with van der Waals surface area (Å²) in [7, 11) is 0. The van der Waals surface area contributed by atoms with Crippen molar-refractivity contribution in [2.45, 2.75) is 37.7 Å². The molecule has 3 heterocycles. The largest absolute Gasteiger partial charge is 0.338 e. The number of hydrogen-bond donors (Lipinski definition) is 0. The number of benzene rings is 2. The van der Waals surface area contributed by atoms with Crippen molar-refractivity contribution in [1.82, 2.24) is 19.4 Å². The van der Waals surface area contributed by atoms with Crippen LogP contribution in [-0.4, -0.2) is 38.4 Å². The van der Waals surface area contributed by atoms with Crippen LogP contribution in [-0.2, 0) is 12.3 Å². The van der Waals surface area contributed by atoms with Crippen molar-refractivity contribution in [3.63, 3.8) is 0 Å². The fourth-order valence-electron chi connectivity index (χ4n) is 4.89. The average molecular weight is 489 g/mol. The number of hydrogen-bond acceptors (Lipinski definition) is 4. The molecule has 2 atom stereocenters. The topological polar surface area (TPSA) is 51.0 Å². The van der Waals surface area contributed by atoms with E-state index in [1.165, 1.54) is 18.6 Å². The Hall–Kier alpha value is -3.19. The van der Waals surface area contributed by atoms with Gasteiger partial charge in [-0.2, -0.15) is 0 Å². The lowest BCUT2D eigenvalue weighted by atomic mass is 9.91. The zero-order valence-electron chi connectivity index (χ0n) is 20.0. The number of piperidine rings is 1. The van der Waals surface area contributed by atoms with Gasteiger partial charge in [-0.1, -0.05) is 49.9 Å². The molecule has 0 saturated carbocycles. The molecule has 0 aliphatic carbocycles. The molecule has 0 unspecified atom stereocenters. The smallest absolute Gasteiger partial charge is 0.253 e. The van der Waals surface area contributed by atoms with Gasteiger partial charge < -0.3 is 9.47 Å². The second-order valence-electron chi connectivity index (χ2n) is 9.61. The first-order chi connectivity index (χ1) is 17.0. The molecule has 1 aliphatic heterocycles. The first-order valence-corrected chi connectivity index (χ1v) is 13.0. The summed E-state index contributed by atoms with van der Waals surface area (Å²) in [6.45, 7) is 6.69. The highest BCUT2D eigenvalue weighted by Crippen LogP contribution is 2.28. The number of likely N-dealkylation sites (tertiary alicyclic amines) is 1. The molecule has 1 aliphatic rings. The molecule has 5 rings (SSSR count). The number of carbonyl (C=O) groups excluding carboxylic acids is 1. The summed E-state index contributed by atoms with van der Waals surface area (Å²) in [4.78, 5) is 24.1. The van der Waals surface area contributed by atoms with Crippen LogP contribution in [0.1, 0.15) is 41.8 Å². The van der Waals surface area contributed by atoms with Gasteiger partial charge in [0.05, 0.1) is 23.8 Å². The molecule has 2 aromatic heterocycles. The van der Waals surface area contributed by atoms with Gasteiger partial charge in [0.1, 0.15) is 5.82 Å². The van der Waals surface area contributed by atoms with Crippen molar-refractivity contribution < 1.29 is 9.18 Å². The fraction of sp³-hybridized carbons (Fsp3) is 0.321. The van der Waals surface area contributed by atoms with E-state index in [0.717, 1.165) is 51.7 Å². The lowest BCUT2D eigenvalue weighted by molar-refractivity contribution is 0.0623. The summed E-state index contributed by atoms with van der Waals surface area (Å²) in [6.07, 6.45) is 4.74. The fourth-order valence-corrected chi connectivity index (χ4v) is 5.86. The van der Waals surface area contributed by atoms with Gasteiger partial charge in [0.15, 0.2) is 5.16 Å². The van der Waals surface area contributed by atoms with Crippen LogP contribution >= 0.6 is 11.8 Å². The average Bonchev–Trinajstić information content (AvgIpc) is 3.20. The molecule has 35 heavy (non-hydrogen) atoms. The van der Waals surface area contributed by atoms with Crippen molar-refractivity contribution >= 4 is 28.7 Å². The van der Waals surface area contributed by atoms with E-state index in [1.807, 2.05) is 41.4 Å². The van der Waals surface area contributed by atoms with E-state index in [2.05, 4.69) is 23.4 Å². The molecule has 7 heteroatoms. The third-order valence-electron chi connectivity index (χ3n) is 6.49. The molecule has 0 bridgehead atoms. The first-order valence-electron chi connectivity index (χ1n) is 12.0. The number of thioether (sulfide) groups is 1. The number of nitrogens with zero attached hydrogens (tertiary/aromatic N) is 4. The Bertz CT molecular complexity index is 1310. The van der Waals surface area contributed by atoms with Gasteiger partial charge in [0.25, 0.3) is 5.91 Å². The molecule has 0 radical (unpaired) electrons. The van der Waals surface area contributed by atoms with Crippen molar-refractivity contribution in [2.75, 3.05) is 13.1 Å². The predicted molar refractivity (Wildman–Crippen MR) is 138 cm³/mol. The molecule has 1 saturated heterocycles. The summed E-state index contributed by atoms with van der Waals surface area (Å²) in [5, 5.41) is 0.883. The predicted octanol–water partition coefficient (Wildman–Crippen LogP) is 6.03. The van der Waals surface area contributed by atoms with Crippen LogP contribution in [0.5, 0.6) is 0 Å². The SMILES string of the molecule is C[C@H]1C[C@H](C)CN(C(=O)c2ccc(CSc3nc4ccncc4n3Cc3ccc(F)cc3)cc2)C1. The summed E-state index contributed by atoms with van der Waals surface area (Å²) < 4.78 is 15.5. The van der Waals surface area contributed by atoms with Crippen molar-refractivity contribution in [1.29, 1.82) is 0 Å². The van der Waals surface area contributed by atoms with Gasteiger partial charge >= 0.3 is 0 Å². The number of fused-ring (bicyclic) bond motifs is 1. The van der Waals surface area contributed by atoms with Crippen molar-refractivity contribution in [2.24, 2.45) is 11.8 Å². The molecule has 1 amide bonds. The highest BCUT2D eigenvalue weighted by molar-refractivity contribution is 7.98. The maximum absolute atomic E-state index is 13.4. The maximum atomic E-state index is 13.4. The minimum atomic E-state index is -0.244. The van der Waals surface area contributed by atoms with Crippen LogP contribution in [0, 0.1) is 17.7 Å². The van der Waals surface area contributed by atoms with Crippen LogP contribution < -0.4 is 0 Å². The normalized spacial score (nSPS) is 18.2. The van der Waals surface area contributed by atoms with E-state index in [4.69, 9.17) is 4.98 Å². The van der Waals surface area contributed by atoms with E-state index in [0.29, 0.717) is 18.4 Å². The minimum Gasteiger partial charge on any atom is -0.338 e. The zero-order valence-corrected chi connectivity index (χ0v) is 20.8. The molecular weight excluding hydrogens is 459 g/mol. The Labute approximate surface area is 209 Å². The lowest BCUT2D eigenvalue weighted by Crippen LogP contribution is -2.42. The third kappa shape index (κ3) is 5.40. The van der Waals surface area contributed by atoms with Gasteiger partial charge in [-0.25, -0.2) is 9.37 Å². The van der Waals surface area contributed by atoms with Crippen LogP contribution in [0.15, 0.2) is 72.1 Å². The number of amides is 1. The van der Waals surface area contributed by atoms with Gasteiger partial charge in [-0.15, -0.1) is 0 Å². The van der Waals surface area contributed by atoms with Crippen LogP contribution in [0.25, 0.3) is 11.0 Å². The zero-order chi connectivity index (χ0) is 24.4. The van der Waals surface area contributed by atoms with Crippen LogP contribution in [0.3, 0.4) is 0 Å². The summed E-state index contributed by atoms with van der Waals surface area (Å²) >= 11 is 1.65. The first kappa shape index (κ1) is 23.5. The van der Waals surface area contributed by atoms with Crippen LogP contribution in [0.4, 0.5) is 4.39 Å². The van der Waals surface area contributed by atoms with Gasteiger partial charge in [-0.3, -0.25) is 9.78 Å². The molecule has 0 N–H and O–H groups in total. The lowest BCUT2D eigenvalue weighted by Gasteiger charge is -2.35. The number of halogens is 1. The summed E-state index contributed by atoms with van der Waals surface area (Å²) in [6, 6.07) is 16.4. The number of aromatic nitrogens is 3. The quantitative estimate of drug-likeness (QED) is 0.311. The van der Waals surface area contributed by atoms with Gasteiger partial charge in [0, 0.05) is 30.6 Å². The second kappa shape index (κ2) is 10.2. The van der Waals surface area contributed by atoms with Gasteiger partial charge in [-0.05, 0) is 59.7 Å². The van der Waals surface area contributed by atoms with Crippen molar-refractivity contribution in [3.8, 4) is 0 Å². The molecule has 1 fully saturated rings. The number of pyridine rings is 1. The Balaban J connectivity index is 1.30. The Morgan fingerprint density at radius 2 is 1.69 bits per heavy atom. The third-order valence-corrected chi connectivity index (χ3v) is 7.54. The van der Waals surface area contributed by atoms with Crippen molar-refractivity contribution in [3.05, 3.63) is 89.5 Å². The van der Waals surface area contributed by atoms with Crippen LogP contribution in [0.2, 0.25) is 0 Å². The van der Waals surface area contributed by atoms with E-state index in [-0.39, 0.29) is 11.7 Å². The van der Waals surface area contributed by atoms with Gasteiger partial charge in [0.2, 0.25) is 0 Å². The monoisotopic (exact) mass is 488 g/mol. The molecular formula is C28H29FN4OS. The Kier molecular flexibility index (Phi) is 6.86. The molecule has 180 valence electrons. The Morgan fingerprint density at radius 3 is 2.40 bits per heavy atom. The van der Waals surface area contributed by atoms with E-state index < -0.39 is 0 Å². The Morgan fingerprint density at radius 1 is 1.00 bits per heavy atom. The minimum absolute atomic E-state index is 0.121. The number of imidazole rings is 1. The molecule has 5 nitrogen and oxygen atoms in total. The van der Waals surface area contributed by atoms with E-state index in [9.17, 15) is 9.18 Å². The summed E-state index contributed by atoms with van der Waals surface area (Å²) in [5.41, 5.74) is 4.71. The second-order valence-corrected chi connectivity index (χ2v) is 10.6.